The van der Waals surface area contributed by atoms with Crippen molar-refractivity contribution < 1.29 is 14.7 Å². The minimum atomic E-state index is -1.30. The van der Waals surface area contributed by atoms with Gasteiger partial charge in [0.2, 0.25) is 5.91 Å². The summed E-state index contributed by atoms with van der Waals surface area (Å²) in [5.74, 6) is -1.33. The number of thioether (sulfide) groups is 1. The van der Waals surface area contributed by atoms with Gasteiger partial charge in [0.15, 0.2) is 0 Å². The van der Waals surface area contributed by atoms with Gasteiger partial charge in [-0.3, -0.25) is 4.79 Å². The molecule has 0 spiro atoms. The largest absolute Gasteiger partial charge is 0.545 e. The highest BCUT2D eigenvalue weighted by Crippen LogP contribution is 2.21. The maximum atomic E-state index is 12.1. The van der Waals surface area contributed by atoms with E-state index in [-0.39, 0.29) is 22.2 Å². The van der Waals surface area contributed by atoms with E-state index >= 15 is 0 Å². The van der Waals surface area contributed by atoms with E-state index < -0.39 is 5.97 Å². The van der Waals surface area contributed by atoms with Crippen molar-refractivity contribution in [2.75, 3.05) is 17.7 Å². The first kappa shape index (κ1) is 15.1. The van der Waals surface area contributed by atoms with Gasteiger partial charge in [0.1, 0.15) is 5.03 Å². The van der Waals surface area contributed by atoms with Crippen molar-refractivity contribution in [3.8, 4) is 0 Å². The van der Waals surface area contributed by atoms with Crippen LogP contribution in [-0.2, 0) is 4.79 Å². The Kier molecular flexibility index (Phi) is 4.94. The molecule has 0 radical (unpaired) electrons. The first-order chi connectivity index (χ1) is 10.1. The Hall–Kier alpha value is -2.34. The fourth-order valence-electron chi connectivity index (χ4n) is 1.68. The molecule has 108 valence electrons. The zero-order valence-corrected chi connectivity index (χ0v) is 12.2. The number of carbonyl (C=O) groups excluding carboxylic acids is 2. The maximum Gasteiger partial charge on any atom is 0.237 e. The molecule has 0 aliphatic rings. The summed E-state index contributed by atoms with van der Waals surface area (Å²) < 4.78 is 0. The van der Waals surface area contributed by atoms with Gasteiger partial charge in [0, 0.05) is 24.5 Å². The molecule has 0 atom stereocenters. The first-order valence-electron chi connectivity index (χ1n) is 6.20. The SMILES string of the molecule is CN(C(=O)CSc1ncccc1C(=O)[O-])c1ccccc1. The molecule has 0 N–H and O–H groups in total. The van der Waals surface area contributed by atoms with Crippen LogP contribution < -0.4 is 10.0 Å². The summed E-state index contributed by atoms with van der Waals surface area (Å²) in [7, 11) is 1.68. The predicted molar refractivity (Wildman–Crippen MR) is 79.1 cm³/mol. The highest BCUT2D eigenvalue weighted by atomic mass is 32.2. The monoisotopic (exact) mass is 301 g/mol. The van der Waals surface area contributed by atoms with Crippen molar-refractivity contribution in [2.24, 2.45) is 0 Å². The molecule has 5 nitrogen and oxygen atoms in total. The van der Waals surface area contributed by atoms with Crippen molar-refractivity contribution in [1.29, 1.82) is 0 Å². The summed E-state index contributed by atoms with van der Waals surface area (Å²) in [5, 5.41) is 11.2. The minimum absolute atomic E-state index is 0.00216. The molecule has 0 fully saturated rings. The Morgan fingerprint density at radius 2 is 1.90 bits per heavy atom. The molecule has 0 saturated carbocycles. The van der Waals surface area contributed by atoms with Crippen LogP contribution in [0, 0.1) is 0 Å². The molecular weight excluding hydrogens is 288 g/mol. The van der Waals surface area contributed by atoms with Crippen LogP contribution in [0.25, 0.3) is 0 Å². The van der Waals surface area contributed by atoms with Crippen LogP contribution >= 0.6 is 11.8 Å². The lowest BCUT2D eigenvalue weighted by atomic mass is 10.3. The van der Waals surface area contributed by atoms with Crippen LogP contribution in [0.3, 0.4) is 0 Å². The topological polar surface area (TPSA) is 73.3 Å². The molecule has 0 aliphatic carbocycles. The Morgan fingerprint density at radius 1 is 1.19 bits per heavy atom. The lowest BCUT2D eigenvalue weighted by Crippen LogP contribution is -2.28. The quantitative estimate of drug-likeness (QED) is 0.776. The molecule has 21 heavy (non-hydrogen) atoms. The summed E-state index contributed by atoms with van der Waals surface area (Å²) in [6, 6.07) is 12.2. The van der Waals surface area contributed by atoms with Crippen LogP contribution in [0.15, 0.2) is 53.7 Å². The Morgan fingerprint density at radius 3 is 2.57 bits per heavy atom. The van der Waals surface area contributed by atoms with E-state index in [4.69, 9.17) is 0 Å². The molecule has 1 heterocycles. The molecule has 0 saturated heterocycles. The van der Waals surface area contributed by atoms with E-state index in [1.54, 1.807) is 7.05 Å². The number of rotatable bonds is 5. The van der Waals surface area contributed by atoms with Crippen LogP contribution in [0.1, 0.15) is 10.4 Å². The third-order valence-corrected chi connectivity index (χ3v) is 3.83. The number of hydrogen-bond acceptors (Lipinski definition) is 5. The Balaban J connectivity index is 2.03. The number of para-hydroxylation sites is 1. The molecule has 2 rings (SSSR count). The zero-order chi connectivity index (χ0) is 15.2. The van der Waals surface area contributed by atoms with E-state index in [0.717, 1.165) is 17.4 Å². The molecule has 1 amide bonds. The van der Waals surface area contributed by atoms with E-state index in [9.17, 15) is 14.7 Å². The summed E-state index contributed by atoms with van der Waals surface area (Å²) in [5.41, 5.74) is 0.780. The van der Waals surface area contributed by atoms with Crippen LogP contribution in [0.2, 0.25) is 0 Å². The number of amides is 1. The van der Waals surface area contributed by atoms with E-state index in [2.05, 4.69) is 4.98 Å². The number of anilines is 1. The normalized spacial score (nSPS) is 10.1. The molecular formula is C15H13N2O3S-. The van der Waals surface area contributed by atoms with E-state index in [0.29, 0.717) is 0 Å². The van der Waals surface area contributed by atoms with Gasteiger partial charge in [-0.2, -0.15) is 0 Å². The number of benzene rings is 1. The Bertz CT molecular complexity index is 646. The molecule has 1 aromatic carbocycles. The summed E-state index contributed by atoms with van der Waals surface area (Å²) in [6.45, 7) is 0. The second kappa shape index (κ2) is 6.90. The third kappa shape index (κ3) is 3.82. The van der Waals surface area contributed by atoms with Gasteiger partial charge < -0.3 is 14.8 Å². The van der Waals surface area contributed by atoms with Gasteiger partial charge in [-0.15, -0.1) is 0 Å². The molecule has 2 aromatic rings. The van der Waals surface area contributed by atoms with Gasteiger partial charge in [-0.25, -0.2) is 4.98 Å². The van der Waals surface area contributed by atoms with Gasteiger partial charge in [0.05, 0.1) is 11.7 Å². The lowest BCUT2D eigenvalue weighted by Gasteiger charge is -2.17. The fourth-order valence-corrected chi connectivity index (χ4v) is 2.58. The van der Waals surface area contributed by atoms with Crippen molar-refractivity contribution in [1.82, 2.24) is 4.98 Å². The van der Waals surface area contributed by atoms with E-state index in [1.165, 1.54) is 23.2 Å². The second-order valence-corrected chi connectivity index (χ2v) is 5.18. The molecule has 6 heteroatoms. The summed E-state index contributed by atoms with van der Waals surface area (Å²) in [6.07, 6.45) is 1.49. The van der Waals surface area contributed by atoms with Gasteiger partial charge in [-0.1, -0.05) is 30.0 Å². The Labute approximate surface area is 126 Å². The maximum absolute atomic E-state index is 12.1. The number of carbonyl (C=O) groups is 2. The van der Waals surface area contributed by atoms with Crippen LogP contribution in [-0.4, -0.2) is 29.7 Å². The van der Waals surface area contributed by atoms with Crippen molar-refractivity contribution in [3.63, 3.8) is 0 Å². The minimum Gasteiger partial charge on any atom is -0.545 e. The summed E-state index contributed by atoms with van der Waals surface area (Å²) in [4.78, 5) is 28.6. The molecule has 1 aromatic heterocycles. The third-order valence-electron chi connectivity index (χ3n) is 2.84. The number of pyridine rings is 1. The van der Waals surface area contributed by atoms with Crippen molar-refractivity contribution >= 4 is 29.3 Å². The number of aromatic carboxylic acids is 1. The van der Waals surface area contributed by atoms with Gasteiger partial charge in [0.25, 0.3) is 0 Å². The molecule has 0 aliphatic heterocycles. The second-order valence-electron chi connectivity index (χ2n) is 4.22. The fraction of sp³-hybridized carbons (Fsp3) is 0.133. The van der Waals surface area contributed by atoms with E-state index in [1.807, 2.05) is 30.3 Å². The standard InChI is InChI=1S/C15H14N2O3S/c1-17(11-6-3-2-4-7-11)13(18)10-21-14-12(15(19)20)8-5-9-16-14/h2-9H,10H2,1H3,(H,19,20)/p-1. The number of carboxylic acids is 1. The summed E-state index contributed by atoms with van der Waals surface area (Å²) >= 11 is 1.08. The van der Waals surface area contributed by atoms with Crippen LogP contribution in [0.4, 0.5) is 5.69 Å². The van der Waals surface area contributed by atoms with Crippen molar-refractivity contribution in [2.45, 2.75) is 5.03 Å². The molecule has 0 bridgehead atoms. The number of carboxylic acid groups (broad SMARTS) is 1. The highest BCUT2D eigenvalue weighted by molar-refractivity contribution is 8.00. The number of hydrogen-bond donors (Lipinski definition) is 0. The van der Waals surface area contributed by atoms with Gasteiger partial charge >= 0.3 is 0 Å². The highest BCUT2D eigenvalue weighted by Gasteiger charge is 2.13. The smallest absolute Gasteiger partial charge is 0.237 e. The number of nitrogens with zero attached hydrogens (tertiary/aromatic N) is 2. The van der Waals surface area contributed by atoms with Gasteiger partial charge in [-0.05, 0) is 24.3 Å². The average Bonchev–Trinajstić information content (AvgIpc) is 2.52. The average molecular weight is 301 g/mol. The lowest BCUT2D eigenvalue weighted by molar-refractivity contribution is -0.255. The zero-order valence-electron chi connectivity index (χ0n) is 11.4. The van der Waals surface area contributed by atoms with Crippen LogP contribution in [0.5, 0.6) is 0 Å². The molecule has 0 unspecified atom stereocenters. The number of aromatic nitrogens is 1. The van der Waals surface area contributed by atoms with Crippen molar-refractivity contribution in [3.05, 3.63) is 54.2 Å². The predicted octanol–water partition coefficient (Wildman–Crippen LogP) is 1.20. The first-order valence-corrected chi connectivity index (χ1v) is 7.19.